The van der Waals surface area contributed by atoms with Crippen molar-refractivity contribution in [3.8, 4) is 0 Å². The Morgan fingerprint density at radius 3 is 2.79 bits per heavy atom. The van der Waals surface area contributed by atoms with Gasteiger partial charge in [0.2, 0.25) is 0 Å². The second-order valence-corrected chi connectivity index (χ2v) is 6.05. The summed E-state index contributed by atoms with van der Waals surface area (Å²) < 4.78 is 5.39. The van der Waals surface area contributed by atoms with E-state index in [1.807, 2.05) is 6.07 Å². The molecule has 1 aliphatic carbocycles. The Morgan fingerprint density at radius 2 is 2.26 bits per heavy atom. The largest absolute Gasteiger partial charge is 0.481 e. The third kappa shape index (κ3) is 2.49. The van der Waals surface area contributed by atoms with Crippen molar-refractivity contribution in [2.75, 3.05) is 13.2 Å². The highest BCUT2D eigenvalue weighted by molar-refractivity contribution is 6.31. The molecule has 1 N–H and O–H groups in total. The molecule has 0 spiro atoms. The third-order valence-corrected chi connectivity index (χ3v) is 4.65. The number of hydrogen-bond acceptors (Lipinski definition) is 2. The molecule has 0 bridgehead atoms. The topological polar surface area (TPSA) is 46.5 Å². The standard InChI is InChI=1S/C15H17ClO3/c16-13-7-11(15(4-5-15)8-14(17)18)1-2-12(13)10-3-6-19-9-10/h1-2,7,10H,3-6,8-9H2,(H,17,18). The highest BCUT2D eigenvalue weighted by Gasteiger charge is 2.46. The number of hydrogen-bond donors (Lipinski definition) is 1. The first-order chi connectivity index (χ1) is 9.11. The second kappa shape index (κ2) is 4.80. The summed E-state index contributed by atoms with van der Waals surface area (Å²) in [6.45, 7) is 1.53. The Morgan fingerprint density at radius 1 is 1.47 bits per heavy atom. The van der Waals surface area contributed by atoms with Crippen molar-refractivity contribution in [2.24, 2.45) is 0 Å². The maximum atomic E-state index is 10.9. The van der Waals surface area contributed by atoms with Gasteiger partial charge in [0.05, 0.1) is 13.0 Å². The van der Waals surface area contributed by atoms with Crippen molar-refractivity contribution in [3.05, 3.63) is 34.3 Å². The van der Waals surface area contributed by atoms with Crippen LogP contribution in [0.1, 0.15) is 42.7 Å². The zero-order valence-corrected chi connectivity index (χ0v) is 11.4. The van der Waals surface area contributed by atoms with E-state index in [0.717, 1.165) is 48.6 Å². The summed E-state index contributed by atoms with van der Waals surface area (Å²) >= 11 is 6.38. The minimum Gasteiger partial charge on any atom is -0.481 e. The average Bonchev–Trinajstić information content (AvgIpc) is 2.93. The molecule has 2 fully saturated rings. The van der Waals surface area contributed by atoms with Crippen LogP contribution in [0.4, 0.5) is 0 Å². The van der Waals surface area contributed by atoms with Gasteiger partial charge in [-0.05, 0) is 36.5 Å². The fraction of sp³-hybridized carbons (Fsp3) is 0.533. The van der Waals surface area contributed by atoms with E-state index in [1.165, 1.54) is 0 Å². The molecule has 0 radical (unpaired) electrons. The van der Waals surface area contributed by atoms with Gasteiger partial charge in [0.1, 0.15) is 0 Å². The molecule has 2 aliphatic rings. The number of benzene rings is 1. The molecule has 1 atom stereocenters. The first kappa shape index (κ1) is 12.9. The maximum absolute atomic E-state index is 10.9. The van der Waals surface area contributed by atoms with E-state index in [9.17, 15) is 4.79 Å². The highest BCUT2D eigenvalue weighted by Crippen LogP contribution is 2.52. The molecule has 1 unspecified atom stereocenters. The summed E-state index contributed by atoms with van der Waals surface area (Å²) in [5, 5.41) is 9.75. The first-order valence-corrected chi connectivity index (χ1v) is 7.08. The lowest BCUT2D eigenvalue weighted by atomic mass is 9.89. The summed E-state index contributed by atoms with van der Waals surface area (Å²) in [4.78, 5) is 10.9. The quantitative estimate of drug-likeness (QED) is 0.920. The molecule has 19 heavy (non-hydrogen) atoms. The second-order valence-electron chi connectivity index (χ2n) is 5.65. The molecule has 1 heterocycles. The zero-order valence-electron chi connectivity index (χ0n) is 10.7. The van der Waals surface area contributed by atoms with Crippen molar-refractivity contribution in [2.45, 2.75) is 37.0 Å². The van der Waals surface area contributed by atoms with Crippen LogP contribution in [0.25, 0.3) is 0 Å². The van der Waals surface area contributed by atoms with E-state index in [1.54, 1.807) is 0 Å². The van der Waals surface area contributed by atoms with Crippen molar-refractivity contribution in [1.82, 2.24) is 0 Å². The predicted octanol–water partition coefficient (Wildman–Crippen LogP) is 3.35. The smallest absolute Gasteiger partial charge is 0.304 e. The number of halogens is 1. The van der Waals surface area contributed by atoms with Gasteiger partial charge in [-0.1, -0.05) is 23.7 Å². The highest BCUT2D eigenvalue weighted by atomic mass is 35.5. The Balaban J connectivity index is 1.85. The summed E-state index contributed by atoms with van der Waals surface area (Å²) in [7, 11) is 0. The van der Waals surface area contributed by atoms with E-state index in [2.05, 4.69) is 12.1 Å². The van der Waals surface area contributed by atoms with Crippen LogP contribution < -0.4 is 0 Å². The molecule has 1 saturated heterocycles. The fourth-order valence-electron chi connectivity index (χ4n) is 2.98. The van der Waals surface area contributed by atoms with Crippen molar-refractivity contribution in [3.63, 3.8) is 0 Å². The Bertz CT molecular complexity index is 502. The molecular formula is C15H17ClO3. The average molecular weight is 281 g/mol. The van der Waals surface area contributed by atoms with E-state index in [-0.39, 0.29) is 11.8 Å². The van der Waals surface area contributed by atoms with Gasteiger partial charge in [-0.25, -0.2) is 0 Å². The molecule has 0 amide bonds. The van der Waals surface area contributed by atoms with Crippen molar-refractivity contribution < 1.29 is 14.6 Å². The first-order valence-electron chi connectivity index (χ1n) is 6.70. The van der Waals surface area contributed by atoms with Gasteiger partial charge in [0.15, 0.2) is 0 Å². The molecule has 4 heteroatoms. The van der Waals surface area contributed by atoms with Crippen LogP contribution in [-0.2, 0) is 14.9 Å². The van der Waals surface area contributed by atoms with Crippen LogP contribution in [0, 0.1) is 0 Å². The van der Waals surface area contributed by atoms with Gasteiger partial charge < -0.3 is 9.84 Å². The monoisotopic (exact) mass is 280 g/mol. The molecule has 0 aromatic heterocycles. The number of ether oxygens (including phenoxy) is 1. The normalized spacial score (nSPS) is 24.4. The number of carboxylic acids is 1. The van der Waals surface area contributed by atoms with Crippen LogP contribution in [-0.4, -0.2) is 24.3 Å². The molecule has 3 rings (SSSR count). The molecular weight excluding hydrogens is 264 g/mol. The summed E-state index contributed by atoms with van der Waals surface area (Å²) in [6.07, 6.45) is 3.11. The number of rotatable bonds is 4. The van der Waals surface area contributed by atoms with E-state index in [4.69, 9.17) is 21.4 Å². The van der Waals surface area contributed by atoms with E-state index >= 15 is 0 Å². The maximum Gasteiger partial charge on any atom is 0.304 e. The van der Waals surface area contributed by atoms with E-state index < -0.39 is 5.97 Å². The van der Waals surface area contributed by atoms with Crippen LogP contribution in [0.3, 0.4) is 0 Å². The SMILES string of the molecule is O=C(O)CC1(c2ccc(C3CCOC3)c(Cl)c2)CC1. The molecule has 102 valence electrons. The molecule has 1 aromatic rings. The van der Waals surface area contributed by atoms with Gasteiger partial charge in [-0.2, -0.15) is 0 Å². The number of carboxylic acid groups (broad SMARTS) is 1. The van der Waals surface area contributed by atoms with Crippen LogP contribution in [0.15, 0.2) is 18.2 Å². The predicted molar refractivity (Wildman–Crippen MR) is 72.8 cm³/mol. The van der Waals surface area contributed by atoms with Gasteiger partial charge in [0, 0.05) is 23.0 Å². The summed E-state index contributed by atoms with van der Waals surface area (Å²) in [6, 6.07) is 6.07. The summed E-state index contributed by atoms with van der Waals surface area (Å²) in [5.74, 6) is -0.349. The van der Waals surface area contributed by atoms with Crippen molar-refractivity contribution >= 4 is 17.6 Å². The zero-order chi connectivity index (χ0) is 13.5. The fourth-order valence-corrected chi connectivity index (χ4v) is 3.31. The van der Waals surface area contributed by atoms with Crippen LogP contribution in [0.5, 0.6) is 0 Å². The third-order valence-electron chi connectivity index (χ3n) is 4.33. The molecule has 3 nitrogen and oxygen atoms in total. The van der Waals surface area contributed by atoms with Gasteiger partial charge in [-0.3, -0.25) is 4.79 Å². The lowest BCUT2D eigenvalue weighted by molar-refractivity contribution is -0.137. The number of carbonyl (C=O) groups is 1. The van der Waals surface area contributed by atoms with Crippen LogP contribution >= 0.6 is 11.6 Å². The van der Waals surface area contributed by atoms with Crippen molar-refractivity contribution in [1.29, 1.82) is 0 Å². The Hall–Kier alpha value is -1.06. The minimum absolute atomic E-state index is 0.166. The Labute approximate surface area is 117 Å². The molecule has 1 saturated carbocycles. The molecule has 1 aliphatic heterocycles. The minimum atomic E-state index is -0.734. The van der Waals surface area contributed by atoms with Gasteiger partial charge in [-0.15, -0.1) is 0 Å². The Kier molecular flexibility index (Phi) is 3.27. The van der Waals surface area contributed by atoms with Gasteiger partial charge >= 0.3 is 5.97 Å². The lowest BCUT2D eigenvalue weighted by Gasteiger charge is -2.17. The summed E-state index contributed by atoms with van der Waals surface area (Å²) in [5.41, 5.74) is 2.04. The van der Waals surface area contributed by atoms with Crippen LogP contribution in [0.2, 0.25) is 5.02 Å². The number of aliphatic carboxylic acids is 1. The van der Waals surface area contributed by atoms with E-state index in [0.29, 0.717) is 5.92 Å². The van der Waals surface area contributed by atoms with Gasteiger partial charge in [0.25, 0.3) is 0 Å². The lowest BCUT2D eigenvalue weighted by Crippen LogP contribution is -2.13. The molecule has 1 aromatic carbocycles.